The maximum Gasteiger partial charge on any atom is 0.417 e. The molecule has 10 heteroatoms. The van der Waals surface area contributed by atoms with Crippen LogP contribution in [-0.4, -0.2) is 72.2 Å². The Kier molecular flexibility index (Phi) is 5.43. The van der Waals surface area contributed by atoms with Crippen LogP contribution in [0.2, 0.25) is 0 Å². The van der Waals surface area contributed by atoms with Crippen LogP contribution < -0.4 is 9.64 Å². The summed E-state index contributed by atoms with van der Waals surface area (Å²) in [5, 5.41) is 3.65. The molecule has 3 heterocycles. The molecule has 176 valence electrons. The van der Waals surface area contributed by atoms with E-state index >= 15 is 0 Å². The van der Waals surface area contributed by atoms with Gasteiger partial charge in [0.25, 0.3) is 5.91 Å². The summed E-state index contributed by atoms with van der Waals surface area (Å²) in [6.45, 7) is 1.58. The van der Waals surface area contributed by atoms with Crippen LogP contribution in [0.1, 0.15) is 10.5 Å². The van der Waals surface area contributed by atoms with E-state index in [0.29, 0.717) is 11.8 Å². The Labute approximate surface area is 195 Å². The van der Waals surface area contributed by atoms with Crippen LogP contribution in [-0.2, 0) is 0 Å². The highest BCUT2D eigenvalue weighted by molar-refractivity contribution is 5.92. The molecule has 5 rings (SSSR count). The van der Waals surface area contributed by atoms with Crippen molar-refractivity contribution in [1.29, 1.82) is 0 Å². The van der Waals surface area contributed by atoms with Gasteiger partial charge >= 0.3 is 12.0 Å². The van der Waals surface area contributed by atoms with Gasteiger partial charge in [-0.15, -0.1) is 0 Å². The summed E-state index contributed by atoms with van der Waals surface area (Å²) in [4.78, 5) is 34.2. The first-order chi connectivity index (χ1) is 16.3. The first kappa shape index (κ1) is 21.9. The fourth-order valence-corrected chi connectivity index (χ4v) is 4.56. The van der Waals surface area contributed by atoms with Crippen LogP contribution in [0, 0.1) is 17.7 Å². The van der Waals surface area contributed by atoms with Gasteiger partial charge < -0.3 is 24.0 Å². The van der Waals surface area contributed by atoms with Crippen LogP contribution in [0.4, 0.5) is 15.0 Å². The van der Waals surface area contributed by atoms with E-state index in [0.717, 1.165) is 30.0 Å². The van der Waals surface area contributed by atoms with Gasteiger partial charge in [-0.1, -0.05) is 17.3 Å². The number of carbonyl (C=O) groups is 2. The maximum absolute atomic E-state index is 13.1. The number of hydrogen-bond donors (Lipinski definition) is 0. The predicted octanol–water partition coefficient (Wildman–Crippen LogP) is 3.14. The number of hydrogen-bond acceptors (Lipinski definition) is 7. The maximum atomic E-state index is 13.1. The van der Waals surface area contributed by atoms with Crippen molar-refractivity contribution in [3.05, 3.63) is 60.2 Å². The number of aromatic nitrogens is 2. The highest BCUT2D eigenvalue weighted by Gasteiger charge is 2.59. The highest BCUT2D eigenvalue weighted by Crippen LogP contribution is 2.49. The van der Waals surface area contributed by atoms with Crippen molar-refractivity contribution in [2.75, 3.05) is 39.1 Å². The normalized spacial score (nSPS) is 20.6. The molecule has 2 fully saturated rings. The number of anilines is 1. The van der Waals surface area contributed by atoms with Gasteiger partial charge in [-0.2, -0.15) is 0 Å². The molecule has 1 aliphatic carbocycles. The topological polar surface area (TPSA) is 92.0 Å². The van der Waals surface area contributed by atoms with E-state index in [1.54, 1.807) is 44.4 Å². The summed E-state index contributed by atoms with van der Waals surface area (Å²) in [6.07, 6.45) is 1.24. The molecule has 1 saturated heterocycles. The molecule has 2 atom stereocenters. The van der Waals surface area contributed by atoms with Gasteiger partial charge in [0.1, 0.15) is 11.6 Å². The third-order valence-electron chi connectivity index (χ3n) is 6.44. The fourth-order valence-electron chi connectivity index (χ4n) is 4.56. The van der Waals surface area contributed by atoms with Gasteiger partial charge in [0.2, 0.25) is 0 Å². The third-order valence-corrected chi connectivity index (χ3v) is 6.44. The van der Waals surface area contributed by atoms with Crippen LogP contribution in [0.15, 0.2) is 53.2 Å². The highest BCUT2D eigenvalue weighted by atomic mass is 19.1. The zero-order valence-electron chi connectivity index (χ0n) is 19.0. The van der Waals surface area contributed by atoms with Gasteiger partial charge in [-0.25, -0.2) is 14.2 Å². The SMILES string of the molecule is CN(C)C(=O)c1cc(OC(=O)N(C)C2C3CN(c4ccc(-c5ccc(F)cc5)cn4)CC32)on1. The van der Waals surface area contributed by atoms with Crippen molar-refractivity contribution in [3.63, 3.8) is 0 Å². The summed E-state index contributed by atoms with van der Waals surface area (Å²) in [6, 6.07) is 11.7. The Balaban J connectivity index is 1.15. The molecular formula is C24H24FN5O4. The van der Waals surface area contributed by atoms with E-state index in [9.17, 15) is 14.0 Å². The number of carbonyl (C=O) groups excluding carboxylic acids is 2. The summed E-state index contributed by atoms with van der Waals surface area (Å²) >= 11 is 0. The standard InChI is InChI=1S/C24H24FN5O4/c1-28(2)23(31)19-10-21(34-27-19)33-24(32)29(3)22-17-12-30(13-18(17)22)20-9-6-15(11-26-20)14-4-7-16(25)8-5-14/h4-11,17-18,22H,12-13H2,1-3H3. The van der Waals surface area contributed by atoms with Crippen LogP contribution >= 0.6 is 0 Å². The van der Waals surface area contributed by atoms with Gasteiger partial charge in [-0.05, 0) is 29.8 Å². The van der Waals surface area contributed by atoms with Gasteiger partial charge in [0.05, 0.1) is 6.07 Å². The molecule has 0 N–H and O–H groups in total. The minimum atomic E-state index is -0.548. The third kappa shape index (κ3) is 4.07. The lowest BCUT2D eigenvalue weighted by atomic mass is 10.1. The molecule has 1 aliphatic heterocycles. The van der Waals surface area contributed by atoms with E-state index < -0.39 is 6.09 Å². The molecule has 0 spiro atoms. The summed E-state index contributed by atoms with van der Waals surface area (Å²) in [5.41, 5.74) is 1.92. The van der Waals surface area contributed by atoms with E-state index in [-0.39, 0.29) is 29.4 Å². The minimum Gasteiger partial charge on any atom is -0.374 e. The van der Waals surface area contributed by atoms with Crippen molar-refractivity contribution in [2.24, 2.45) is 11.8 Å². The Bertz CT molecular complexity index is 1200. The molecule has 1 aromatic carbocycles. The van der Waals surface area contributed by atoms with Gasteiger partial charge in [0.15, 0.2) is 5.69 Å². The number of fused-ring (bicyclic) bond motifs is 1. The quantitative estimate of drug-likeness (QED) is 0.572. The number of ether oxygens (including phenoxy) is 1. The lowest BCUT2D eigenvalue weighted by Crippen LogP contribution is -2.38. The molecule has 0 radical (unpaired) electrons. The van der Waals surface area contributed by atoms with E-state index in [2.05, 4.69) is 15.0 Å². The molecule has 3 aromatic rings. The lowest BCUT2D eigenvalue weighted by molar-refractivity contribution is 0.0817. The fraction of sp³-hybridized carbons (Fsp3) is 0.333. The molecule has 34 heavy (non-hydrogen) atoms. The lowest BCUT2D eigenvalue weighted by Gasteiger charge is -2.24. The van der Waals surface area contributed by atoms with Crippen molar-refractivity contribution in [2.45, 2.75) is 6.04 Å². The average Bonchev–Trinajstić information content (AvgIpc) is 3.16. The number of pyridine rings is 1. The zero-order valence-corrected chi connectivity index (χ0v) is 19.0. The Morgan fingerprint density at radius 2 is 1.74 bits per heavy atom. The number of benzene rings is 1. The van der Waals surface area contributed by atoms with Crippen molar-refractivity contribution >= 4 is 17.8 Å². The first-order valence-corrected chi connectivity index (χ1v) is 10.9. The minimum absolute atomic E-state index is 0.0762. The molecule has 0 bridgehead atoms. The van der Waals surface area contributed by atoms with Crippen molar-refractivity contribution in [3.8, 4) is 17.1 Å². The van der Waals surface area contributed by atoms with E-state index in [1.807, 2.05) is 12.1 Å². The second-order valence-electron chi connectivity index (χ2n) is 8.84. The molecule has 1 saturated carbocycles. The Hall–Kier alpha value is -3.95. The summed E-state index contributed by atoms with van der Waals surface area (Å²) in [7, 11) is 4.90. The van der Waals surface area contributed by atoms with Crippen LogP contribution in [0.25, 0.3) is 11.1 Å². The molecule has 2 unspecified atom stereocenters. The number of halogens is 1. The van der Waals surface area contributed by atoms with Crippen LogP contribution in [0.5, 0.6) is 5.95 Å². The molecule has 2 aliphatic rings. The predicted molar refractivity (Wildman–Crippen MR) is 121 cm³/mol. The summed E-state index contributed by atoms with van der Waals surface area (Å²) < 4.78 is 23.4. The monoisotopic (exact) mass is 465 g/mol. The second kappa shape index (κ2) is 8.44. The molecular weight excluding hydrogens is 441 g/mol. The summed E-state index contributed by atoms with van der Waals surface area (Å²) in [5.74, 6) is 0.823. The molecule has 2 amide bonds. The van der Waals surface area contributed by atoms with Gasteiger partial charge in [-0.3, -0.25) is 4.79 Å². The smallest absolute Gasteiger partial charge is 0.374 e. The molecule has 9 nitrogen and oxygen atoms in total. The average molecular weight is 465 g/mol. The largest absolute Gasteiger partial charge is 0.417 e. The van der Waals surface area contributed by atoms with Crippen molar-refractivity contribution < 1.29 is 23.2 Å². The number of piperidine rings is 1. The van der Waals surface area contributed by atoms with Crippen LogP contribution in [0.3, 0.4) is 0 Å². The number of rotatable bonds is 5. The Morgan fingerprint density at radius 3 is 2.35 bits per heavy atom. The van der Waals surface area contributed by atoms with E-state index in [4.69, 9.17) is 9.26 Å². The number of amides is 2. The van der Waals surface area contributed by atoms with Gasteiger partial charge in [0, 0.05) is 63.9 Å². The first-order valence-electron chi connectivity index (χ1n) is 10.9. The zero-order chi connectivity index (χ0) is 24.0. The number of nitrogens with zero attached hydrogens (tertiary/aromatic N) is 5. The molecule has 2 aromatic heterocycles. The second-order valence-corrected chi connectivity index (χ2v) is 8.84. The Morgan fingerprint density at radius 1 is 1.06 bits per heavy atom. The van der Waals surface area contributed by atoms with Crippen molar-refractivity contribution in [1.82, 2.24) is 19.9 Å². The van der Waals surface area contributed by atoms with E-state index in [1.165, 1.54) is 23.1 Å².